The number of benzene rings is 1. The first-order valence-corrected chi connectivity index (χ1v) is 8.57. The lowest BCUT2D eigenvalue weighted by atomic mass is 10.1. The minimum Gasteiger partial charge on any atom is -0.345 e. The van der Waals surface area contributed by atoms with Crippen molar-refractivity contribution in [2.75, 3.05) is 0 Å². The topological polar surface area (TPSA) is 88.5 Å². The molecule has 0 spiro atoms. The van der Waals surface area contributed by atoms with E-state index >= 15 is 0 Å². The van der Waals surface area contributed by atoms with E-state index in [4.69, 9.17) is 0 Å². The van der Waals surface area contributed by atoms with Crippen LogP contribution in [0.1, 0.15) is 28.9 Å². The number of hydrogen-bond donors (Lipinski definition) is 2. The zero-order valence-corrected chi connectivity index (χ0v) is 14.7. The number of para-hydroxylation sites is 1. The van der Waals surface area contributed by atoms with Gasteiger partial charge >= 0.3 is 0 Å². The first kappa shape index (κ1) is 16.7. The SMILES string of the molecule is C[C@@H](NC(=O)c1cn(-c2ccccc2)nc1-c1cccnc1)c1cn[nH]c1. The molecule has 0 aliphatic heterocycles. The van der Waals surface area contributed by atoms with Crippen molar-refractivity contribution in [3.8, 4) is 16.9 Å². The number of carbonyl (C=O) groups is 1. The second kappa shape index (κ2) is 7.25. The molecule has 0 bridgehead atoms. The summed E-state index contributed by atoms with van der Waals surface area (Å²) in [5.74, 6) is -0.204. The predicted octanol–water partition coefficient (Wildman–Crippen LogP) is 3.15. The van der Waals surface area contributed by atoms with Gasteiger partial charge in [-0.3, -0.25) is 14.9 Å². The maximum atomic E-state index is 13.0. The lowest BCUT2D eigenvalue weighted by molar-refractivity contribution is 0.0940. The fourth-order valence-corrected chi connectivity index (χ4v) is 2.82. The van der Waals surface area contributed by atoms with E-state index in [9.17, 15) is 4.79 Å². The molecule has 0 aliphatic rings. The van der Waals surface area contributed by atoms with Crippen LogP contribution in [0.4, 0.5) is 0 Å². The van der Waals surface area contributed by atoms with Gasteiger partial charge in [-0.2, -0.15) is 10.2 Å². The Balaban J connectivity index is 1.72. The fourth-order valence-electron chi connectivity index (χ4n) is 2.82. The van der Waals surface area contributed by atoms with E-state index in [2.05, 4.69) is 25.6 Å². The summed E-state index contributed by atoms with van der Waals surface area (Å²) in [6.07, 6.45) is 8.60. The van der Waals surface area contributed by atoms with Gasteiger partial charge in [-0.05, 0) is 31.2 Å². The number of aromatic nitrogens is 5. The van der Waals surface area contributed by atoms with Crippen molar-refractivity contribution in [2.45, 2.75) is 13.0 Å². The van der Waals surface area contributed by atoms with Crippen molar-refractivity contribution >= 4 is 5.91 Å². The largest absolute Gasteiger partial charge is 0.345 e. The highest BCUT2D eigenvalue weighted by atomic mass is 16.1. The zero-order valence-electron chi connectivity index (χ0n) is 14.7. The second-order valence-electron chi connectivity index (χ2n) is 6.14. The molecule has 1 aromatic carbocycles. The van der Waals surface area contributed by atoms with E-state index in [1.54, 1.807) is 35.7 Å². The Kier molecular flexibility index (Phi) is 4.49. The van der Waals surface area contributed by atoms with Gasteiger partial charge in [-0.25, -0.2) is 4.68 Å². The number of rotatable bonds is 5. The highest BCUT2D eigenvalue weighted by molar-refractivity contribution is 6.00. The number of pyridine rings is 1. The lowest BCUT2D eigenvalue weighted by Gasteiger charge is -2.11. The molecule has 0 saturated carbocycles. The molecule has 7 nitrogen and oxygen atoms in total. The Morgan fingerprint density at radius 1 is 1.15 bits per heavy atom. The summed E-state index contributed by atoms with van der Waals surface area (Å²) in [7, 11) is 0. The molecule has 7 heteroatoms. The van der Waals surface area contributed by atoms with Crippen LogP contribution in [0.3, 0.4) is 0 Å². The molecule has 27 heavy (non-hydrogen) atoms. The van der Waals surface area contributed by atoms with Gasteiger partial charge in [0.25, 0.3) is 5.91 Å². The van der Waals surface area contributed by atoms with Gasteiger partial charge in [0, 0.05) is 35.9 Å². The summed E-state index contributed by atoms with van der Waals surface area (Å²) in [4.78, 5) is 17.1. The predicted molar refractivity (Wildman–Crippen MR) is 101 cm³/mol. The first-order chi connectivity index (χ1) is 13.2. The first-order valence-electron chi connectivity index (χ1n) is 8.57. The molecule has 134 valence electrons. The van der Waals surface area contributed by atoms with Crippen molar-refractivity contribution in [1.82, 2.24) is 30.3 Å². The average Bonchev–Trinajstić information content (AvgIpc) is 3.40. The highest BCUT2D eigenvalue weighted by Crippen LogP contribution is 2.24. The monoisotopic (exact) mass is 358 g/mol. The van der Waals surface area contributed by atoms with E-state index in [-0.39, 0.29) is 11.9 Å². The molecule has 0 aliphatic carbocycles. The van der Waals surface area contributed by atoms with Crippen LogP contribution in [0.2, 0.25) is 0 Å². The number of H-pyrrole nitrogens is 1. The van der Waals surface area contributed by atoms with E-state index in [1.165, 1.54) is 0 Å². The summed E-state index contributed by atoms with van der Waals surface area (Å²) < 4.78 is 1.71. The Morgan fingerprint density at radius 3 is 2.70 bits per heavy atom. The molecule has 0 fully saturated rings. The van der Waals surface area contributed by atoms with Crippen LogP contribution in [0, 0.1) is 0 Å². The van der Waals surface area contributed by atoms with Gasteiger partial charge in [0.1, 0.15) is 5.69 Å². The van der Waals surface area contributed by atoms with Crippen LogP contribution in [-0.2, 0) is 0 Å². The number of nitrogens with zero attached hydrogens (tertiary/aromatic N) is 4. The molecule has 3 heterocycles. The van der Waals surface area contributed by atoms with E-state index in [0.717, 1.165) is 16.8 Å². The number of carbonyl (C=O) groups excluding carboxylic acids is 1. The summed E-state index contributed by atoms with van der Waals surface area (Å²) >= 11 is 0. The van der Waals surface area contributed by atoms with Gasteiger partial charge in [0.15, 0.2) is 0 Å². The normalized spacial score (nSPS) is 11.9. The van der Waals surface area contributed by atoms with Gasteiger partial charge in [0.2, 0.25) is 0 Å². The number of hydrogen-bond acceptors (Lipinski definition) is 4. The lowest BCUT2D eigenvalue weighted by Crippen LogP contribution is -2.26. The molecule has 3 aromatic heterocycles. The number of amides is 1. The Morgan fingerprint density at radius 2 is 2.00 bits per heavy atom. The maximum Gasteiger partial charge on any atom is 0.255 e. The molecule has 4 rings (SSSR count). The molecule has 2 N–H and O–H groups in total. The third-order valence-electron chi connectivity index (χ3n) is 4.28. The molecule has 0 unspecified atom stereocenters. The van der Waals surface area contributed by atoms with Gasteiger partial charge < -0.3 is 5.32 Å². The average molecular weight is 358 g/mol. The molecular formula is C20H18N6O. The number of nitrogens with one attached hydrogen (secondary N) is 2. The van der Waals surface area contributed by atoms with Crippen molar-refractivity contribution in [2.24, 2.45) is 0 Å². The maximum absolute atomic E-state index is 13.0. The standard InChI is InChI=1S/C20H18N6O/c1-14(16-11-22-23-12-16)24-20(27)18-13-26(17-7-3-2-4-8-17)25-19(18)15-6-5-9-21-10-15/h2-14H,1H3,(H,22,23)(H,24,27)/t14-/m1/s1. The van der Waals surface area contributed by atoms with Gasteiger partial charge in [-0.1, -0.05) is 18.2 Å². The summed E-state index contributed by atoms with van der Waals surface area (Å²) in [6.45, 7) is 1.91. The second-order valence-corrected chi connectivity index (χ2v) is 6.14. The van der Waals surface area contributed by atoms with E-state index < -0.39 is 0 Å². The molecule has 4 aromatic rings. The quantitative estimate of drug-likeness (QED) is 0.574. The Labute approximate surface area is 156 Å². The summed E-state index contributed by atoms with van der Waals surface area (Å²) in [5, 5.41) is 14.3. The Hall–Kier alpha value is -3.74. The van der Waals surface area contributed by atoms with Crippen LogP contribution in [0.15, 0.2) is 73.4 Å². The van der Waals surface area contributed by atoms with Crippen molar-refractivity contribution in [1.29, 1.82) is 0 Å². The summed E-state index contributed by atoms with van der Waals surface area (Å²) in [6, 6.07) is 13.2. The third kappa shape index (κ3) is 3.48. The summed E-state index contributed by atoms with van der Waals surface area (Å²) in [5.41, 5.74) is 3.64. The van der Waals surface area contributed by atoms with Crippen LogP contribution in [0.5, 0.6) is 0 Å². The van der Waals surface area contributed by atoms with Crippen LogP contribution in [0.25, 0.3) is 16.9 Å². The minimum absolute atomic E-state index is 0.182. The third-order valence-corrected chi connectivity index (χ3v) is 4.28. The molecule has 0 saturated heterocycles. The van der Waals surface area contributed by atoms with Crippen LogP contribution in [-0.4, -0.2) is 30.9 Å². The van der Waals surface area contributed by atoms with Gasteiger partial charge in [-0.15, -0.1) is 0 Å². The molecule has 1 atom stereocenters. The highest BCUT2D eigenvalue weighted by Gasteiger charge is 2.20. The van der Waals surface area contributed by atoms with E-state index in [0.29, 0.717) is 11.3 Å². The number of aromatic amines is 1. The van der Waals surface area contributed by atoms with Crippen molar-refractivity contribution in [3.05, 3.63) is 84.6 Å². The fraction of sp³-hybridized carbons (Fsp3) is 0.100. The van der Waals surface area contributed by atoms with Crippen molar-refractivity contribution in [3.63, 3.8) is 0 Å². The molecular weight excluding hydrogens is 340 g/mol. The Bertz CT molecular complexity index is 1030. The van der Waals surface area contributed by atoms with Gasteiger partial charge in [0.05, 0.1) is 23.5 Å². The molecule has 1 amide bonds. The minimum atomic E-state index is -0.204. The smallest absolute Gasteiger partial charge is 0.255 e. The van der Waals surface area contributed by atoms with E-state index in [1.807, 2.05) is 49.4 Å². The van der Waals surface area contributed by atoms with Crippen LogP contribution < -0.4 is 5.32 Å². The van der Waals surface area contributed by atoms with Crippen LogP contribution >= 0.6 is 0 Å². The zero-order chi connectivity index (χ0) is 18.6. The van der Waals surface area contributed by atoms with Crippen molar-refractivity contribution < 1.29 is 4.79 Å². The molecule has 0 radical (unpaired) electrons.